The standard InChI is InChI=1S/C23H28N4O2/c1-16-6-5-7-24-20(16)15-26-8-10-27(11-9-26)23-12-17(2)18-13-21(28-3)22(29-4)14-19(18)25-23/h5-7,12-14H,8-11,15H2,1-4H3. The first-order valence-corrected chi connectivity index (χ1v) is 10.00. The summed E-state index contributed by atoms with van der Waals surface area (Å²) in [6, 6.07) is 10.3. The highest BCUT2D eigenvalue weighted by molar-refractivity contribution is 5.87. The van der Waals surface area contributed by atoms with Gasteiger partial charge in [0.15, 0.2) is 11.5 Å². The number of anilines is 1. The molecule has 0 unspecified atom stereocenters. The Kier molecular flexibility index (Phi) is 5.53. The van der Waals surface area contributed by atoms with Crippen molar-refractivity contribution in [3.63, 3.8) is 0 Å². The predicted octanol–water partition coefficient (Wildman–Crippen LogP) is 3.59. The van der Waals surface area contributed by atoms with Gasteiger partial charge in [-0.05, 0) is 43.2 Å². The van der Waals surface area contributed by atoms with Crippen molar-refractivity contribution in [3.8, 4) is 11.5 Å². The van der Waals surface area contributed by atoms with Gasteiger partial charge in [0.25, 0.3) is 0 Å². The van der Waals surface area contributed by atoms with E-state index in [-0.39, 0.29) is 0 Å². The van der Waals surface area contributed by atoms with Crippen LogP contribution in [0.25, 0.3) is 10.9 Å². The highest BCUT2D eigenvalue weighted by Gasteiger charge is 2.20. The number of methoxy groups -OCH3 is 2. The summed E-state index contributed by atoms with van der Waals surface area (Å²) in [5.41, 5.74) is 4.55. The smallest absolute Gasteiger partial charge is 0.162 e. The van der Waals surface area contributed by atoms with E-state index in [1.54, 1.807) is 14.2 Å². The maximum absolute atomic E-state index is 5.46. The zero-order valence-corrected chi connectivity index (χ0v) is 17.6. The zero-order valence-electron chi connectivity index (χ0n) is 17.6. The molecule has 0 saturated carbocycles. The summed E-state index contributed by atoms with van der Waals surface area (Å²) in [4.78, 5) is 14.3. The third-order valence-corrected chi connectivity index (χ3v) is 5.69. The minimum Gasteiger partial charge on any atom is -0.493 e. The van der Waals surface area contributed by atoms with Gasteiger partial charge < -0.3 is 14.4 Å². The van der Waals surface area contributed by atoms with E-state index in [4.69, 9.17) is 14.5 Å². The lowest BCUT2D eigenvalue weighted by atomic mass is 10.1. The second-order valence-electron chi connectivity index (χ2n) is 7.55. The summed E-state index contributed by atoms with van der Waals surface area (Å²) in [6.45, 7) is 9.07. The zero-order chi connectivity index (χ0) is 20.4. The monoisotopic (exact) mass is 392 g/mol. The molecule has 0 aliphatic carbocycles. The van der Waals surface area contributed by atoms with Crippen molar-refractivity contribution in [2.24, 2.45) is 0 Å². The second-order valence-corrected chi connectivity index (χ2v) is 7.55. The molecule has 0 bridgehead atoms. The summed E-state index contributed by atoms with van der Waals surface area (Å²) in [6.07, 6.45) is 1.88. The van der Waals surface area contributed by atoms with E-state index in [1.807, 2.05) is 24.4 Å². The third-order valence-electron chi connectivity index (χ3n) is 5.69. The molecule has 1 aliphatic rings. The molecule has 152 valence electrons. The Labute approximate surface area is 172 Å². The van der Waals surface area contributed by atoms with Gasteiger partial charge in [-0.3, -0.25) is 9.88 Å². The molecule has 2 aromatic heterocycles. The number of aromatic nitrogens is 2. The van der Waals surface area contributed by atoms with Crippen molar-refractivity contribution < 1.29 is 9.47 Å². The summed E-state index contributed by atoms with van der Waals surface area (Å²) >= 11 is 0. The van der Waals surface area contributed by atoms with Gasteiger partial charge >= 0.3 is 0 Å². The number of hydrogen-bond donors (Lipinski definition) is 0. The maximum Gasteiger partial charge on any atom is 0.162 e. The van der Waals surface area contributed by atoms with Crippen molar-refractivity contribution >= 4 is 16.7 Å². The molecule has 1 saturated heterocycles. The van der Waals surface area contributed by atoms with E-state index in [0.29, 0.717) is 5.75 Å². The van der Waals surface area contributed by atoms with Crippen molar-refractivity contribution in [3.05, 3.63) is 53.3 Å². The molecule has 3 aromatic rings. The number of nitrogens with zero attached hydrogens (tertiary/aromatic N) is 4. The van der Waals surface area contributed by atoms with Crippen molar-refractivity contribution in [1.29, 1.82) is 0 Å². The molecule has 6 nitrogen and oxygen atoms in total. The van der Waals surface area contributed by atoms with E-state index in [1.165, 1.54) is 16.8 Å². The predicted molar refractivity (Wildman–Crippen MR) is 116 cm³/mol. The highest BCUT2D eigenvalue weighted by Crippen LogP contribution is 2.34. The summed E-state index contributed by atoms with van der Waals surface area (Å²) in [7, 11) is 3.32. The number of fused-ring (bicyclic) bond motifs is 1. The van der Waals surface area contributed by atoms with Crippen LogP contribution in [-0.4, -0.2) is 55.3 Å². The van der Waals surface area contributed by atoms with Gasteiger partial charge in [-0.25, -0.2) is 4.98 Å². The first-order chi connectivity index (χ1) is 14.1. The molecule has 0 radical (unpaired) electrons. The highest BCUT2D eigenvalue weighted by atomic mass is 16.5. The largest absolute Gasteiger partial charge is 0.493 e. The lowest BCUT2D eigenvalue weighted by Gasteiger charge is -2.35. The second kappa shape index (κ2) is 8.25. The molecule has 3 heterocycles. The van der Waals surface area contributed by atoms with E-state index in [9.17, 15) is 0 Å². The van der Waals surface area contributed by atoms with Gasteiger partial charge in [-0.1, -0.05) is 6.07 Å². The topological polar surface area (TPSA) is 50.7 Å². The lowest BCUT2D eigenvalue weighted by Crippen LogP contribution is -2.46. The first-order valence-electron chi connectivity index (χ1n) is 10.00. The number of ether oxygens (including phenoxy) is 2. The molecule has 1 aromatic carbocycles. The number of benzene rings is 1. The molecule has 6 heteroatoms. The summed E-state index contributed by atoms with van der Waals surface area (Å²) < 4.78 is 10.9. The molecular weight excluding hydrogens is 364 g/mol. The number of rotatable bonds is 5. The van der Waals surface area contributed by atoms with E-state index in [2.05, 4.69) is 40.8 Å². The fourth-order valence-electron chi connectivity index (χ4n) is 3.90. The molecule has 0 amide bonds. The van der Waals surface area contributed by atoms with Gasteiger partial charge in [-0.2, -0.15) is 0 Å². The molecule has 0 atom stereocenters. The molecule has 0 spiro atoms. The normalized spacial score (nSPS) is 15.0. The Morgan fingerprint density at radius 3 is 2.34 bits per heavy atom. The minimum absolute atomic E-state index is 0.708. The Morgan fingerprint density at radius 1 is 0.931 bits per heavy atom. The van der Waals surface area contributed by atoms with Gasteiger partial charge in [-0.15, -0.1) is 0 Å². The molecule has 0 N–H and O–H groups in total. The molecule has 4 rings (SSSR count). The lowest BCUT2D eigenvalue weighted by molar-refractivity contribution is 0.246. The number of hydrogen-bond acceptors (Lipinski definition) is 6. The van der Waals surface area contributed by atoms with Crippen molar-refractivity contribution in [1.82, 2.24) is 14.9 Å². The van der Waals surface area contributed by atoms with E-state index in [0.717, 1.165) is 55.2 Å². The van der Waals surface area contributed by atoms with E-state index >= 15 is 0 Å². The number of aryl methyl sites for hydroxylation is 2. The molecule has 1 fully saturated rings. The van der Waals surface area contributed by atoms with Crippen LogP contribution in [0.2, 0.25) is 0 Å². The average molecular weight is 393 g/mol. The fourth-order valence-corrected chi connectivity index (χ4v) is 3.90. The van der Waals surface area contributed by atoms with Crippen molar-refractivity contribution in [2.75, 3.05) is 45.3 Å². The van der Waals surface area contributed by atoms with Crippen LogP contribution in [0.3, 0.4) is 0 Å². The third kappa shape index (κ3) is 3.98. The van der Waals surface area contributed by atoms with E-state index < -0.39 is 0 Å². The summed E-state index contributed by atoms with van der Waals surface area (Å²) in [5.74, 6) is 2.46. The number of piperazine rings is 1. The fraction of sp³-hybridized carbons (Fsp3) is 0.391. The van der Waals surface area contributed by atoms with Crippen LogP contribution in [0.4, 0.5) is 5.82 Å². The number of pyridine rings is 2. The Morgan fingerprint density at radius 2 is 1.66 bits per heavy atom. The maximum atomic E-state index is 5.46. The minimum atomic E-state index is 0.708. The van der Waals surface area contributed by atoms with Crippen LogP contribution in [-0.2, 0) is 6.54 Å². The average Bonchev–Trinajstić information content (AvgIpc) is 2.75. The van der Waals surface area contributed by atoms with Gasteiger partial charge in [0, 0.05) is 50.4 Å². The molecule has 1 aliphatic heterocycles. The molecule has 29 heavy (non-hydrogen) atoms. The Balaban J connectivity index is 1.51. The van der Waals surface area contributed by atoms with Crippen LogP contribution < -0.4 is 14.4 Å². The van der Waals surface area contributed by atoms with Crippen LogP contribution in [0.1, 0.15) is 16.8 Å². The van der Waals surface area contributed by atoms with Crippen LogP contribution in [0.15, 0.2) is 36.5 Å². The Hall–Kier alpha value is -2.86. The SMILES string of the molecule is COc1cc2nc(N3CCN(Cc4ncccc4C)CC3)cc(C)c2cc1OC. The summed E-state index contributed by atoms with van der Waals surface area (Å²) in [5, 5.41) is 1.09. The van der Waals surface area contributed by atoms with Crippen molar-refractivity contribution in [2.45, 2.75) is 20.4 Å². The van der Waals surface area contributed by atoms with Crippen LogP contribution >= 0.6 is 0 Å². The van der Waals surface area contributed by atoms with Crippen LogP contribution in [0, 0.1) is 13.8 Å². The van der Waals surface area contributed by atoms with Gasteiger partial charge in [0.1, 0.15) is 5.82 Å². The molecular formula is C23H28N4O2. The first kappa shape index (κ1) is 19.5. The van der Waals surface area contributed by atoms with Crippen LogP contribution in [0.5, 0.6) is 11.5 Å². The van der Waals surface area contributed by atoms with Gasteiger partial charge in [0.05, 0.1) is 25.4 Å². The quantitative estimate of drug-likeness (QED) is 0.661. The Bertz CT molecular complexity index is 1010. The van der Waals surface area contributed by atoms with Gasteiger partial charge in [0.2, 0.25) is 0 Å².